The normalized spacial score (nSPS) is 11.3. The molecule has 15 heavy (non-hydrogen) atoms. The molecule has 2 aromatic heterocycles. The van der Waals surface area contributed by atoms with Gasteiger partial charge >= 0.3 is 0 Å². The smallest absolute Gasteiger partial charge is 0.198 e. The van der Waals surface area contributed by atoms with Gasteiger partial charge in [-0.15, -0.1) is 5.10 Å². The van der Waals surface area contributed by atoms with Gasteiger partial charge in [0, 0.05) is 0 Å². The number of fused-ring (bicyclic) bond motifs is 3. The molecule has 0 saturated heterocycles. The molecule has 74 valence electrons. The minimum atomic E-state index is 0.672. The zero-order valence-corrected chi connectivity index (χ0v) is 8.47. The molecule has 0 amide bonds. The van der Waals surface area contributed by atoms with Crippen LogP contribution in [0.2, 0.25) is 0 Å². The molecular formula is C10H9N5. The number of aromatic nitrogens is 5. The van der Waals surface area contributed by atoms with E-state index in [1.807, 2.05) is 6.07 Å². The van der Waals surface area contributed by atoms with Crippen LogP contribution in [0.3, 0.4) is 0 Å². The number of nitrogens with zero attached hydrogens (tertiary/aromatic N) is 5. The summed E-state index contributed by atoms with van der Waals surface area (Å²) < 4.78 is 1.70. The van der Waals surface area contributed by atoms with Crippen molar-refractivity contribution in [3.8, 4) is 0 Å². The fourth-order valence-corrected chi connectivity index (χ4v) is 1.63. The van der Waals surface area contributed by atoms with Crippen molar-refractivity contribution >= 4 is 16.7 Å². The molecule has 0 unspecified atom stereocenters. The van der Waals surface area contributed by atoms with E-state index in [0.717, 1.165) is 11.0 Å². The molecule has 5 heteroatoms. The van der Waals surface area contributed by atoms with Crippen LogP contribution < -0.4 is 0 Å². The van der Waals surface area contributed by atoms with E-state index in [0.29, 0.717) is 5.65 Å². The third kappa shape index (κ3) is 1.09. The Morgan fingerprint density at radius 1 is 1.13 bits per heavy atom. The number of hydrogen-bond acceptors (Lipinski definition) is 4. The fraction of sp³-hybridized carbons (Fsp3) is 0.200. The van der Waals surface area contributed by atoms with Gasteiger partial charge in [-0.05, 0) is 47.5 Å². The number of hydrogen-bond donors (Lipinski definition) is 0. The summed E-state index contributed by atoms with van der Waals surface area (Å²) in [5, 5.41) is 11.4. The predicted octanol–water partition coefficient (Wildman–Crippen LogP) is 1.29. The molecular weight excluding hydrogens is 190 g/mol. The van der Waals surface area contributed by atoms with Gasteiger partial charge < -0.3 is 0 Å². The Labute approximate surface area is 85.7 Å². The highest BCUT2D eigenvalue weighted by Gasteiger charge is 2.05. The number of aryl methyl sites for hydroxylation is 2. The molecule has 0 saturated carbocycles. The third-order valence-electron chi connectivity index (χ3n) is 2.63. The van der Waals surface area contributed by atoms with Crippen LogP contribution in [0, 0.1) is 13.8 Å². The molecule has 0 aliphatic rings. The largest absolute Gasteiger partial charge is 0.251 e. The van der Waals surface area contributed by atoms with E-state index in [1.54, 1.807) is 10.7 Å². The summed E-state index contributed by atoms with van der Waals surface area (Å²) in [5.41, 5.74) is 4.97. The summed E-state index contributed by atoms with van der Waals surface area (Å²) in [6.45, 7) is 4.14. The van der Waals surface area contributed by atoms with Gasteiger partial charge in [-0.3, -0.25) is 4.98 Å². The highest BCUT2D eigenvalue weighted by Crippen LogP contribution is 2.17. The van der Waals surface area contributed by atoms with Crippen LogP contribution in [0.4, 0.5) is 0 Å². The summed E-state index contributed by atoms with van der Waals surface area (Å²) in [4.78, 5) is 4.32. The molecule has 0 aliphatic carbocycles. The molecule has 0 N–H and O–H groups in total. The average Bonchev–Trinajstić information content (AvgIpc) is 2.68. The van der Waals surface area contributed by atoms with Gasteiger partial charge in [-0.1, -0.05) is 0 Å². The molecule has 2 heterocycles. The highest BCUT2D eigenvalue weighted by atomic mass is 15.5. The minimum absolute atomic E-state index is 0.672. The van der Waals surface area contributed by atoms with Crippen molar-refractivity contribution in [2.45, 2.75) is 13.8 Å². The highest BCUT2D eigenvalue weighted by molar-refractivity contribution is 5.78. The average molecular weight is 199 g/mol. The maximum Gasteiger partial charge on any atom is 0.198 e. The zero-order valence-electron chi connectivity index (χ0n) is 8.47. The molecule has 0 atom stereocenters. The van der Waals surface area contributed by atoms with Gasteiger partial charge in [0.1, 0.15) is 0 Å². The number of rotatable bonds is 0. The lowest BCUT2D eigenvalue weighted by Crippen LogP contribution is -1.94. The lowest BCUT2D eigenvalue weighted by atomic mass is 10.1. The van der Waals surface area contributed by atoms with Crippen molar-refractivity contribution in [1.29, 1.82) is 0 Å². The van der Waals surface area contributed by atoms with Crippen LogP contribution in [-0.4, -0.2) is 25.0 Å². The van der Waals surface area contributed by atoms with E-state index in [4.69, 9.17) is 0 Å². The maximum atomic E-state index is 4.32. The van der Waals surface area contributed by atoms with E-state index in [1.165, 1.54) is 11.1 Å². The number of tetrazole rings is 1. The van der Waals surface area contributed by atoms with E-state index in [-0.39, 0.29) is 0 Å². The standard InChI is InChI=1S/C10H9N5/c1-6-3-8-9(4-7(6)2)15-10(5-11-8)12-13-14-15/h3-5H,1-2H3. The van der Waals surface area contributed by atoms with Gasteiger partial charge in [0.25, 0.3) is 0 Å². The van der Waals surface area contributed by atoms with Gasteiger partial charge in [-0.2, -0.15) is 4.52 Å². The Morgan fingerprint density at radius 3 is 2.80 bits per heavy atom. The topological polar surface area (TPSA) is 56.0 Å². The molecule has 1 aromatic carbocycles. The summed E-state index contributed by atoms with van der Waals surface area (Å²) >= 11 is 0. The first kappa shape index (κ1) is 8.28. The van der Waals surface area contributed by atoms with E-state index in [9.17, 15) is 0 Å². The van der Waals surface area contributed by atoms with Crippen molar-refractivity contribution in [2.75, 3.05) is 0 Å². The Morgan fingerprint density at radius 2 is 1.93 bits per heavy atom. The zero-order chi connectivity index (χ0) is 10.4. The molecule has 0 spiro atoms. The van der Waals surface area contributed by atoms with Gasteiger partial charge in [0.2, 0.25) is 0 Å². The van der Waals surface area contributed by atoms with E-state index < -0.39 is 0 Å². The number of benzene rings is 1. The van der Waals surface area contributed by atoms with Gasteiger partial charge in [-0.25, -0.2) is 0 Å². The monoisotopic (exact) mass is 199 g/mol. The van der Waals surface area contributed by atoms with Crippen molar-refractivity contribution in [2.24, 2.45) is 0 Å². The van der Waals surface area contributed by atoms with Crippen molar-refractivity contribution < 1.29 is 0 Å². The quantitative estimate of drug-likeness (QED) is 0.547. The molecule has 0 aliphatic heterocycles. The molecule has 3 aromatic rings. The van der Waals surface area contributed by atoms with E-state index in [2.05, 4.69) is 40.4 Å². The molecule has 0 fully saturated rings. The van der Waals surface area contributed by atoms with Crippen LogP contribution in [0.1, 0.15) is 11.1 Å². The SMILES string of the molecule is Cc1cc2ncc3nnnn3c2cc1C. The Kier molecular flexibility index (Phi) is 1.50. The van der Waals surface area contributed by atoms with Crippen molar-refractivity contribution in [3.05, 3.63) is 29.5 Å². The first-order valence-electron chi connectivity index (χ1n) is 4.70. The van der Waals surface area contributed by atoms with E-state index >= 15 is 0 Å². The summed E-state index contributed by atoms with van der Waals surface area (Å²) in [6.07, 6.45) is 1.68. The minimum Gasteiger partial charge on any atom is -0.251 e. The van der Waals surface area contributed by atoms with Crippen LogP contribution in [0.25, 0.3) is 16.7 Å². The van der Waals surface area contributed by atoms with Crippen molar-refractivity contribution in [1.82, 2.24) is 25.0 Å². The molecule has 3 rings (SSSR count). The van der Waals surface area contributed by atoms with Crippen molar-refractivity contribution in [3.63, 3.8) is 0 Å². The van der Waals surface area contributed by atoms with Crippen LogP contribution in [0.15, 0.2) is 18.3 Å². The second-order valence-corrected chi connectivity index (χ2v) is 3.63. The summed E-state index contributed by atoms with van der Waals surface area (Å²) in [5.74, 6) is 0. The fourth-order valence-electron chi connectivity index (χ4n) is 1.63. The Bertz CT molecular complexity index is 655. The Balaban J connectivity index is 2.57. The molecule has 0 radical (unpaired) electrons. The molecule has 0 bridgehead atoms. The second kappa shape index (κ2) is 2.73. The van der Waals surface area contributed by atoms with Gasteiger partial charge in [0.05, 0.1) is 17.2 Å². The summed E-state index contributed by atoms with van der Waals surface area (Å²) in [7, 11) is 0. The Hall–Kier alpha value is -2.04. The first-order chi connectivity index (χ1) is 7.25. The van der Waals surface area contributed by atoms with Crippen LogP contribution in [-0.2, 0) is 0 Å². The maximum absolute atomic E-state index is 4.32. The summed E-state index contributed by atoms with van der Waals surface area (Å²) in [6, 6.07) is 4.10. The lowest BCUT2D eigenvalue weighted by Gasteiger charge is -2.03. The third-order valence-corrected chi connectivity index (χ3v) is 2.63. The first-order valence-corrected chi connectivity index (χ1v) is 4.70. The van der Waals surface area contributed by atoms with Crippen LogP contribution in [0.5, 0.6) is 0 Å². The molecule has 5 nitrogen and oxygen atoms in total. The van der Waals surface area contributed by atoms with Gasteiger partial charge in [0.15, 0.2) is 5.65 Å². The second-order valence-electron chi connectivity index (χ2n) is 3.63. The lowest BCUT2D eigenvalue weighted by molar-refractivity contribution is 0.840. The van der Waals surface area contributed by atoms with Crippen LogP contribution >= 0.6 is 0 Å². The predicted molar refractivity (Wildman–Crippen MR) is 55.6 cm³/mol.